The first-order valence-electron chi connectivity index (χ1n) is 4.76. The van der Waals surface area contributed by atoms with E-state index in [-0.39, 0.29) is 6.10 Å². The molecular weight excluding hydrogens is 182 g/mol. The molecule has 0 fully saturated rings. The molecule has 0 aliphatic heterocycles. The molecule has 2 unspecified atom stereocenters. The van der Waals surface area contributed by atoms with Crippen LogP contribution in [0.15, 0.2) is 12.7 Å². The van der Waals surface area contributed by atoms with Crippen molar-refractivity contribution in [2.24, 2.45) is 5.73 Å². The van der Waals surface area contributed by atoms with E-state index in [9.17, 15) is 4.79 Å². The van der Waals surface area contributed by atoms with Gasteiger partial charge in [0.05, 0.1) is 6.61 Å². The monoisotopic (exact) mass is 201 g/mol. The highest BCUT2D eigenvalue weighted by Crippen LogP contribution is 1.98. The summed E-state index contributed by atoms with van der Waals surface area (Å²) in [6.45, 7) is 8.18. The van der Waals surface area contributed by atoms with E-state index in [2.05, 4.69) is 6.58 Å². The molecule has 0 aliphatic rings. The lowest BCUT2D eigenvalue weighted by Gasteiger charge is -2.15. The summed E-state index contributed by atoms with van der Waals surface area (Å²) < 4.78 is 10.1. The van der Waals surface area contributed by atoms with Gasteiger partial charge in [-0.05, 0) is 20.3 Å². The minimum atomic E-state index is -0.614. The quantitative estimate of drug-likeness (QED) is 0.490. The lowest BCUT2D eigenvalue weighted by atomic mass is 10.2. The lowest BCUT2D eigenvalue weighted by Crippen LogP contribution is -2.35. The number of hydrogen-bond acceptors (Lipinski definition) is 4. The zero-order valence-corrected chi connectivity index (χ0v) is 8.86. The molecule has 0 amide bonds. The predicted molar refractivity (Wildman–Crippen MR) is 54.8 cm³/mol. The summed E-state index contributed by atoms with van der Waals surface area (Å²) in [5.74, 6) is -0.405. The van der Waals surface area contributed by atoms with Crippen molar-refractivity contribution in [3.05, 3.63) is 12.7 Å². The fraction of sp³-hybridized carbons (Fsp3) is 0.700. The second-order valence-corrected chi connectivity index (χ2v) is 3.04. The van der Waals surface area contributed by atoms with Crippen molar-refractivity contribution in [3.8, 4) is 0 Å². The van der Waals surface area contributed by atoms with Gasteiger partial charge in [-0.25, -0.2) is 0 Å². The highest BCUT2D eigenvalue weighted by molar-refractivity contribution is 5.75. The highest BCUT2D eigenvalue weighted by Gasteiger charge is 2.16. The molecule has 2 N–H and O–H groups in total. The smallest absolute Gasteiger partial charge is 0.323 e. The van der Waals surface area contributed by atoms with Gasteiger partial charge in [-0.3, -0.25) is 4.79 Å². The van der Waals surface area contributed by atoms with Crippen LogP contribution in [0.4, 0.5) is 0 Å². The Morgan fingerprint density at radius 1 is 1.64 bits per heavy atom. The number of nitrogens with two attached hydrogens (primary N) is 1. The SMILES string of the molecule is C=CCC(N)C(=O)OC(C)COCC. The van der Waals surface area contributed by atoms with E-state index in [1.54, 1.807) is 13.0 Å². The van der Waals surface area contributed by atoms with E-state index in [0.29, 0.717) is 19.6 Å². The molecule has 4 nitrogen and oxygen atoms in total. The molecule has 0 aliphatic carbocycles. The van der Waals surface area contributed by atoms with E-state index in [1.165, 1.54) is 0 Å². The Labute approximate surface area is 85.1 Å². The Morgan fingerprint density at radius 3 is 2.79 bits per heavy atom. The van der Waals surface area contributed by atoms with Crippen molar-refractivity contribution in [1.82, 2.24) is 0 Å². The first-order chi connectivity index (χ1) is 6.61. The van der Waals surface area contributed by atoms with Crippen molar-refractivity contribution in [1.29, 1.82) is 0 Å². The van der Waals surface area contributed by atoms with Crippen LogP contribution in [-0.4, -0.2) is 31.3 Å². The molecule has 0 bridgehead atoms. The predicted octanol–water partition coefficient (Wildman–Crippen LogP) is 0.858. The number of carbonyl (C=O) groups is 1. The number of carbonyl (C=O) groups excluding carboxylic acids is 1. The van der Waals surface area contributed by atoms with Gasteiger partial charge in [-0.1, -0.05) is 6.08 Å². The summed E-state index contributed by atoms with van der Waals surface area (Å²) in [5.41, 5.74) is 5.52. The van der Waals surface area contributed by atoms with E-state index >= 15 is 0 Å². The van der Waals surface area contributed by atoms with Crippen molar-refractivity contribution >= 4 is 5.97 Å². The van der Waals surface area contributed by atoms with Gasteiger partial charge < -0.3 is 15.2 Å². The summed E-state index contributed by atoms with van der Waals surface area (Å²) in [6, 6.07) is -0.614. The minimum Gasteiger partial charge on any atom is -0.459 e. The topological polar surface area (TPSA) is 61.6 Å². The summed E-state index contributed by atoms with van der Waals surface area (Å²) in [4.78, 5) is 11.3. The molecule has 0 aromatic heterocycles. The van der Waals surface area contributed by atoms with Crippen LogP contribution in [0.1, 0.15) is 20.3 Å². The van der Waals surface area contributed by atoms with Crippen LogP contribution in [0.2, 0.25) is 0 Å². The largest absolute Gasteiger partial charge is 0.459 e. The molecule has 0 rings (SSSR count). The molecule has 82 valence electrons. The van der Waals surface area contributed by atoms with Crippen LogP contribution >= 0.6 is 0 Å². The van der Waals surface area contributed by atoms with Gasteiger partial charge in [-0.15, -0.1) is 6.58 Å². The maximum atomic E-state index is 11.3. The highest BCUT2D eigenvalue weighted by atomic mass is 16.6. The minimum absolute atomic E-state index is 0.252. The van der Waals surface area contributed by atoms with Crippen molar-refractivity contribution in [3.63, 3.8) is 0 Å². The fourth-order valence-electron chi connectivity index (χ4n) is 0.879. The number of esters is 1. The number of ether oxygens (including phenoxy) is 2. The molecule has 0 heterocycles. The Kier molecular flexibility index (Phi) is 7.06. The zero-order chi connectivity index (χ0) is 11.0. The summed E-state index contributed by atoms with van der Waals surface area (Å²) in [6.07, 6.45) is 1.78. The average Bonchev–Trinajstić information content (AvgIpc) is 2.15. The molecule has 14 heavy (non-hydrogen) atoms. The Bertz CT molecular complexity index is 182. The maximum absolute atomic E-state index is 11.3. The van der Waals surface area contributed by atoms with Gasteiger partial charge in [0.15, 0.2) is 0 Å². The standard InChI is InChI=1S/C10H19NO3/c1-4-6-9(11)10(12)14-8(3)7-13-5-2/h4,8-9H,1,5-7,11H2,2-3H3. The molecule has 0 radical (unpaired) electrons. The molecule has 2 atom stereocenters. The van der Waals surface area contributed by atoms with E-state index in [4.69, 9.17) is 15.2 Å². The van der Waals surface area contributed by atoms with Crippen LogP contribution in [0.25, 0.3) is 0 Å². The van der Waals surface area contributed by atoms with Crippen LogP contribution in [0.5, 0.6) is 0 Å². The molecule has 4 heteroatoms. The van der Waals surface area contributed by atoms with Crippen molar-refractivity contribution in [2.75, 3.05) is 13.2 Å². The van der Waals surface area contributed by atoms with Gasteiger partial charge in [0.2, 0.25) is 0 Å². The third-order valence-electron chi connectivity index (χ3n) is 1.60. The Balaban J connectivity index is 3.74. The molecule has 0 saturated carbocycles. The summed E-state index contributed by atoms with van der Waals surface area (Å²) in [5, 5.41) is 0. The second-order valence-electron chi connectivity index (χ2n) is 3.04. The maximum Gasteiger partial charge on any atom is 0.323 e. The van der Waals surface area contributed by atoms with Gasteiger partial charge in [0.1, 0.15) is 12.1 Å². The Hall–Kier alpha value is -0.870. The third kappa shape index (κ3) is 5.72. The lowest BCUT2D eigenvalue weighted by molar-refractivity contribution is -0.152. The second kappa shape index (κ2) is 7.53. The van der Waals surface area contributed by atoms with Gasteiger partial charge in [0.25, 0.3) is 0 Å². The van der Waals surface area contributed by atoms with Gasteiger partial charge in [0, 0.05) is 6.61 Å². The van der Waals surface area contributed by atoms with Gasteiger partial charge in [-0.2, -0.15) is 0 Å². The van der Waals surface area contributed by atoms with Crippen LogP contribution in [-0.2, 0) is 14.3 Å². The fourth-order valence-corrected chi connectivity index (χ4v) is 0.879. The van der Waals surface area contributed by atoms with E-state index < -0.39 is 12.0 Å². The molecule has 0 aromatic carbocycles. The molecular formula is C10H19NO3. The number of rotatable bonds is 7. The molecule has 0 spiro atoms. The first-order valence-corrected chi connectivity index (χ1v) is 4.76. The first kappa shape index (κ1) is 13.1. The van der Waals surface area contributed by atoms with E-state index in [1.807, 2.05) is 6.92 Å². The molecule has 0 aromatic rings. The summed E-state index contributed by atoms with van der Waals surface area (Å²) >= 11 is 0. The normalized spacial score (nSPS) is 14.5. The van der Waals surface area contributed by atoms with Crippen LogP contribution in [0.3, 0.4) is 0 Å². The average molecular weight is 201 g/mol. The molecule has 0 saturated heterocycles. The Morgan fingerprint density at radius 2 is 2.29 bits per heavy atom. The third-order valence-corrected chi connectivity index (χ3v) is 1.60. The van der Waals surface area contributed by atoms with Gasteiger partial charge >= 0.3 is 5.97 Å². The van der Waals surface area contributed by atoms with Crippen molar-refractivity contribution < 1.29 is 14.3 Å². The van der Waals surface area contributed by atoms with Crippen LogP contribution in [0, 0.1) is 0 Å². The van der Waals surface area contributed by atoms with Crippen LogP contribution < -0.4 is 5.73 Å². The van der Waals surface area contributed by atoms with Crippen molar-refractivity contribution in [2.45, 2.75) is 32.4 Å². The van der Waals surface area contributed by atoms with E-state index in [0.717, 1.165) is 0 Å². The summed E-state index contributed by atoms with van der Waals surface area (Å²) in [7, 11) is 0. The zero-order valence-electron chi connectivity index (χ0n) is 8.86. The number of hydrogen-bond donors (Lipinski definition) is 1.